The fourth-order valence-corrected chi connectivity index (χ4v) is 3.32. The number of anilines is 1. The molecule has 2 N–H and O–H groups in total. The Morgan fingerprint density at radius 3 is 2.32 bits per heavy atom. The van der Waals surface area contributed by atoms with Crippen molar-refractivity contribution in [1.82, 2.24) is 5.32 Å². The standard InChI is InChI=1S/C23H28N2O3/c1-16(2)19-6-4-5-7-20(19)25-22(27)23(13-14-23)21(26)24-15-12-17-8-10-18(28-3)11-9-17/h4-11,16H,12-15H2,1-3H3,(H,24,26)(H,25,27). The van der Waals surface area contributed by atoms with Gasteiger partial charge in [-0.1, -0.05) is 44.2 Å². The number of para-hydroxylation sites is 1. The molecule has 5 nitrogen and oxygen atoms in total. The summed E-state index contributed by atoms with van der Waals surface area (Å²) in [6, 6.07) is 15.5. The predicted octanol–water partition coefficient (Wildman–Crippen LogP) is 3.90. The van der Waals surface area contributed by atoms with E-state index in [9.17, 15) is 9.59 Å². The van der Waals surface area contributed by atoms with Gasteiger partial charge in [0.25, 0.3) is 0 Å². The summed E-state index contributed by atoms with van der Waals surface area (Å²) in [5.74, 6) is 0.719. The van der Waals surface area contributed by atoms with Gasteiger partial charge in [0.05, 0.1) is 7.11 Å². The molecule has 28 heavy (non-hydrogen) atoms. The second-order valence-electron chi connectivity index (χ2n) is 7.63. The van der Waals surface area contributed by atoms with E-state index in [2.05, 4.69) is 24.5 Å². The van der Waals surface area contributed by atoms with Crippen molar-refractivity contribution in [2.24, 2.45) is 5.41 Å². The highest BCUT2D eigenvalue weighted by atomic mass is 16.5. The fraction of sp³-hybridized carbons (Fsp3) is 0.391. The number of carbonyl (C=O) groups excluding carboxylic acids is 2. The lowest BCUT2D eigenvalue weighted by molar-refractivity contribution is -0.134. The van der Waals surface area contributed by atoms with Crippen LogP contribution >= 0.6 is 0 Å². The van der Waals surface area contributed by atoms with E-state index >= 15 is 0 Å². The number of nitrogens with one attached hydrogen (secondary N) is 2. The second kappa shape index (κ2) is 8.46. The molecule has 1 aliphatic carbocycles. The Balaban J connectivity index is 1.56. The Bertz CT molecular complexity index is 839. The summed E-state index contributed by atoms with van der Waals surface area (Å²) in [5.41, 5.74) is 2.05. The van der Waals surface area contributed by atoms with Crippen molar-refractivity contribution in [2.75, 3.05) is 19.0 Å². The summed E-state index contributed by atoms with van der Waals surface area (Å²) in [5, 5.41) is 5.92. The Morgan fingerprint density at radius 2 is 1.71 bits per heavy atom. The Morgan fingerprint density at radius 1 is 1.04 bits per heavy atom. The molecule has 0 radical (unpaired) electrons. The van der Waals surface area contributed by atoms with E-state index < -0.39 is 5.41 Å². The average molecular weight is 380 g/mol. The minimum absolute atomic E-state index is 0.180. The summed E-state index contributed by atoms with van der Waals surface area (Å²) in [6.45, 7) is 4.68. The summed E-state index contributed by atoms with van der Waals surface area (Å²) in [4.78, 5) is 25.5. The van der Waals surface area contributed by atoms with Gasteiger partial charge in [0, 0.05) is 12.2 Å². The Hall–Kier alpha value is -2.82. The third-order valence-corrected chi connectivity index (χ3v) is 5.31. The van der Waals surface area contributed by atoms with Crippen molar-refractivity contribution in [1.29, 1.82) is 0 Å². The molecular weight excluding hydrogens is 352 g/mol. The molecule has 1 aliphatic rings. The van der Waals surface area contributed by atoms with Crippen molar-refractivity contribution in [3.05, 3.63) is 59.7 Å². The second-order valence-corrected chi connectivity index (χ2v) is 7.63. The lowest BCUT2D eigenvalue weighted by Crippen LogP contribution is -2.40. The molecule has 2 amide bonds. The molecule has 148 valence electrons. The SMILES string of the molecule is COc1ccc(CCNC(=O)C2(C(=O)Nc3ccccc3C(C)C)CC2)cc1. The summed E-state index contributed by atoms with van der Waals surface area (Å²) < 4.78 is 5.15. The molecule has 0 unspecified atom stereocenters. The summed E-state index contributed by atoms with van der Waals surface area (Å²) >= 11 is 0. The quantitative estimate of drug-likeness (QED) is 0.683. The predicted molar refractivity (Wildman–Crippen MR) is 111 cm³/mol. The van der Waals surface area contributed by atoms with Crippen molar-refractivity contribution >= 4 is 17.5 Å². The fourth-order valence-electron chi connectivity index (χ4n) is 3.32. The monoisotopic (exact) mass is 380 g/mol. The summed E-state index contributed by atoms with van der Waals surface area (Å²) in [6.07, 6.45) is 1.90. The van der Waals surface area contributed by atoms with Crippen LogP contribution < -0.4 is 15.4 Å². The summed E-state index contributed by atoms with van der Waals surface area (Å²) in [7, 11) is 1.63. The minimum atomic E-state index is -0.927. The van der Waals surface area contributed by atoms with Gasteiger partial charge in [-0.3, -0.25) is 9.59 Å². The number of benzene rings is 2. The van der Waals surface area contributed by atoms with Crippen LogP contribution in [0, 0.1) is 5.41 Å². The van der Waals surface area contributed by atoms with Crippen LogP contribution in [0.5, 0.6) is 5.75 Å². The normalized spacial score (nSPS) is 14.4. The van der Waals surface area contributed by atoms with Crippen molar-refractivity contribution < 1.29 is 14.3 Å². The largest absolute Gasteiger partial charge is 0.497 e. The molecular formula is C23H28N2O3. The van der Waals surface area contributed by atoms with E-state index in [0.29, 0.717) is 31.7 Å². The van der Waals surface area contributed by atoms with Gasteiger partial charge >= 0.3 is 0 Å². The third-order valence-electron chi connectivity index (χ3n) is 5.31. The van der Waals surface area contributed by atoms with E-state index in [1.54, 1.807) is 7.11 Å². The van der Waals surface area contributed by atoms with Crippen molar-refractivity contribution in [3.63, 3.8) is 0 Å². The topological polar surface area (TPSA) is 67.4 Å². The molecule has 3 rings (SSSR count). The van der Waals surface area contributed by atoms with Crippen molar-refractivity contribution in [3.8, 4) is 5.75 Å². The molecule has 5 heteroatoms. The van der Waals surface area contributed by atoms with Gasteiger partial charge in [-0.2, -0.15) is 0 Å². The van der Waals surface area contributed by atoms with E-state index in [1.807, 2.05) is 48.5 Å². The van der Waals surface area contributed by atoms with Crippen LogP contribution in [0.25, 0.3) is 0 Å². The van der Waals surface area contributed by atoms with Gasteiger partial charge < -0.3 is 15.4 Å². The average Bonchev–Trinajstić information content (AvgIpc) is 3.51. The van der Waals surface area contributed by atoms with Crippen LogP contribution in [0.15, 0.2) is 48.5 Å². The van der Waals surface area contributed by atoms with Gasteiger partial charge in [-0.05, 0) is 54.5 Å². The maximum atomic E-state index is 12.8. The van der Waals surface area contributed by atoms with Gasteiger partial charge in [-0.15, -0.1) is 0 Å². The first-order valence-electron chi connectivity index (χ1n) is 9.78. The van der Waals surface area contributed by atoms with E-state index in [4.69, 9.17) is 4.74 Å². The number of carbonyl (C=O) groups is 2. The highest BCUT2D eigenvalue weighted by Crippen LogP contribution is 2.47. The molecule has 1 fully saturated rings. The number of methoxy groups -OCH3 is 1. The maximum Gasteiger partial charge on any atom is 0.240 e. The van der Waals surface area contributed by atoms with E-state index in [1.165, 1.54) is 0 Å². The zero-order chi connectivity index (χ0) is 20.1. The smallest absolute Gasteiger partial charge is 0.240 e. The Labute approximate surface area is 166 Å². The lowest BCUT2D eigenvalue weighted by atomic mass is 9.99. The Kier molecular flexibility index (Phi) is 6.02. The van der Waals surface area contributed by atoms with Crippen LogP contribution in [-0.2, 0) is 16.0 Å². The molecule has 0 aliphatic heterocycles. The zero-order valence-corrected chi connectivity index (χ0v) is 16.7. The molecule has 0 heterocycles. The molecule has 0 aromatic heterocycles. The van der Waals surface area contributed by atoms with Crippen LogP contribution in [0.4, 0.5) is 5.69 Å². The number of amides is 2. The zero-order valence-electron chi connectivity index (χ0n) is 16.7. The van der Waals surface area contributed by atoms with Gasteiger partial charge in [-0.25, -0.2) is 0 Å². The van der Waals surface area contributed by atoms with Gasteiger partial charge in [0.15, 0.2) is 0 Å². The first-order valence-corrected chi connectivity index (χ1v) is 9.78. The van der Waals surface area contributed by atoms with Crippen LogP contribution in [0.2, 0.25) is 0 Å². The molecule has 0 saturated heterocycles. The molecule has 1 saturated carbocycles. The molecule has 0 bridgehead atoms. The van der Waals surface area contributed by atoms with Crippen molar-refractivity contribution in [2.45, 2.75) is 39.0 Å². The highest BCUT2D eigenvalue weighted by molar-refractivity contribution is 6.13. The van der Waals surface area contributed by atoms with Gasteiger partial charge in [0.2, 0.25) is 11.8 Å². The van der Waals surface area contributed by atoms with E-state index in [0.717, 1.165) is 22.6 Å². The highest BCUT2D eigenvalue weighted by Gasteiger charge is 2.56. The van der Waals surface area contributed by atoms with Crippen LogP contribution in [-0.4, -0.2) is 25.5 Å². The van der Waals surface area contributed by atoms with Gasteiger partial charge in [0.1, 0.15) is 11.2 Å². The third kappa shape index (κ3) is 4.35. The minimum Gasteiger partial charge on any atom is -0.497 e. The van der Waals surface area contributed by atoms with Crippen LogP contribution in [0.1, 0.15) is 43.7 Å². The number of hydrogen-bond acceptors (Lipinski definition) is 3. The number of rotatable bonds is 8. The van der Waals surface area contributed by atoms with Crippen LogP contribution in [0.3, 0.4) is 0 Å². The molecule has 2 aromatic rings. The first kappa shape index (κ1) is 19.9. The lowest BCUT2D eigenvalue weighted by Gasteiger charge is -2.18. The molecule has 0 spiro atoms. The number of ether oxygens (including phenoxy) is 1. The first-order chi connectivity index (χ1) is 13.5. The maximum absolute atomic E-state index is 12.8. The van der Waals surface area contributed by atoms with E-state index in [-0.39, 0.29) is 11.8 Å². The number of hydrogen-bond donors (Lipinski definition) is 2. The molecule has 0 atom stereocenters. The molecule has 2 aromatic carbocycles.